The standard InChI is InChI=1S/C13H8Cl3N5O/c1-20-8-4-9(15)19-5-6(8)12(17)21(13(20)22)10-7(14)2-3-18-11(10)16/h2-5,17H,1H3. The Labute approximate surface area is 139 Å². The molecule has 0 aliphatic heterocycles. The van der Waals surface area contributed by atoms with Gasteiger partial charge >= 0.3 is 5.69 Å². The third kappa shape index (κ3) is 2.20. The molecule has 0 amide bonds. The lowest BCUT2D eigenvalue weighted by Crippen LogP contribution is -2.38. The van der Waals surface area contributed by atoms with Crippen molar-refractivity contribution < 1.29 is 0 Å². The van der Waals surface area contributed by atoms with Crippen LogP contribution >= 0.6 is 34.8 Å². The van der Waals surface area contributed by atoms with E-state index >= 15 is 0 Å². The average molecular weight is 357 g/mol. The van der Waals surface area contributed by atoms with Crippen molar-refractivity contribution in [1.29, 1.82) is 5.41 Å². The van der Waals surface area contributed by atoms with Crippen LogP contribution in [-0.2, 0) is 7.05 Å². The number of hydrogen-bond donors (Lipinski definition) is 1. The molecular formula is C13H8Cl3N5O. The van der Waals surface area contributed by atoms with E-state index in [1.807, 2.05) is 0 Å². The van der Waals surface area contributed by atoms with E-state index in [2.05, 4.69) is 9.97 Å². The van der Waals surface area contributed by atoms with E-state index < -0.39 is 5.69 Å². The molecule has 3 aromatic rings. The molecule has 6 nitrogen and oxygen atoms in total. The van der Waals surface area contributed by atoms with E-state index in [1.165, 1.54) is 29.1 Å². The molecular weight excluding hydrogens is 349 g/mol. The predicted molar refractivity (Wildman–Crippen MR) is 85.0 cm³/mol. The number of hydrogen-bond acceptors (Lipinski definition) is 4. The van der Waals surface area contributed by atoms with Crippen LogP contribution in [0.15, 0.2) is 29.3 Å². The van der Waals surface area contributed by atoms with Crippen LogP contribution in [0.3, 0.4) is 0 Å². The molecule has 0 radical (unpaired) electrons. The topological polar surface area (TPSA) is 76.6 Å². The number of aryl methyl sites for hydroxylation is 1. The van der Waals surface area contributed by atoms with Gasteiger partial charge in [0.1, 0.15) is 16.3 Å². The summed E-state index contributed by atoms with van der Waals surface area (Å²) in [5, 5.41) is 9.22. The normalized spacial score (nSPS) is 11.1. The molecule has 0 bridgehead atoms. The van der Waals surface area contributed by atoms with Crippen LogP contribution in [0.1, 0.15) is 0 Å². The SMILES string of the molecule is Cn1c(=O)n(-c2c(Cl)ccnc2Cl)c(=N)c2cnc(Cl)cc21. The average Bonchev–Trinajstić information content (AvgIpc) is 2.48. The van der Waals surface area contributed by atoms with Crippen molar-refractivity contribution in [3.05, 3.63) is 55.8 Å². The lowest BCUT2D eigenvalue weighted by Gasteiger charge is -2.13. The smallest absolute Gasteiger partial charge is 0.296 e. The quantitative estimate of drug-likeness (QED) is 0.681. The first-order valence-corrected chi connectivity index (χ1v) is 7.17. The summed E-state index contributed by atoms with van der Waals surface area (Å²) in [6, 6.07) is 3.02. The molecule has 9 heteroatoms. The van der Waals surface area contributed by atoms with Crippen LogP contribution in [0.25, 0.3) is 16.6 Å². The Bertz CT molecular complexity index is 1000. The minimum absolute atomic E-state index is 0.0318. The monoisotopic (exact) mass is 355 g/mol. The van der Waals surface area contributed by atoms with Gasteiger partial charge in [0.15, 0.2) is 5.15 Å². The van der Waals surface area contributed by atoms with Crippen molar-refractivity contribution >= 4 is 45.7 Å². The Morgan fingerprint density at radius 3 is 2.64 bits per heavy atom. The summed E-state index contributed by atoms with van der Waals surface area (Å²) in [4.78, 5) is 20.5. The van der Waals surface area contributed by atoms with Crippen LogP contribution in [0, 0.1) is 5.41 Å². The highest BCUT2D eigenvalue weighted by Crippen LogP contribution is 2.24. The van der Waals surface area contributed by atoms with Gasteiger partial charge in [-0.05, 0) is 6.07 Å². The minimum Gasteiger partial charge on any atom is -0.296 e. The third-order valence-electron chi connectivity index (χ3n) is 3.22. The zero-order valence-corrected chi connectivity index (χ0v) is 13.4. The largest absolute Gasteiger partial charge is 0.334 e. The van der Waals surface area contributed by atoms with E-state index in [9.17, 15) is 4.79 Å². The Morgan fingerprint density at radius 1 is 1.23 bits per heavy atom. The summed E-state index contributed by atoms with van der Waals surface area (Å²) >= 11 is 18.0. The van der Waals surface area contributed by atoms with Gasteiger partial charge in [-0.15, -0.1) is 0 Å². The maximum absolute atomic E-state index is 12.6. The zero-order valence-electron chi connectivity index (χ0n) is 11.1. The van der Waals surface area contributed by atoms with Crippen LogP contribution in [0.2, 0.25) is 15.3 Å². The molecule has 0 unspecified atom stereocenters. The summed E-state index contributed by atoms with van der Waals surface area (Å²) in [6.45, 7) is 0. The maximum Gasteiger partial charge on any atom is 0.334 e. The number of nitrogens with one attached hydrogen (secondary N) is 1. The molecule has 3 aromatic heterocycles. The minimum atomic E-state index is -0.489. The molecule has 0 aliphatic rings. The number of pyridine rings is 2. The summed E-state index contributed by atoms with van der Waals surface area (Å²) < 4.78 is 2.44. The Kier molecular flexibility index (Phi) is 3.68. The van der Waals surface area contributed by atoms with Gasteiger partial charge in [0.05, 0.1) is 15.9 Å². The van der Waals surface area contributed by atoms with Crippen molar-refractivity contribution in [2.24, 2.45) is 7.05 Å². The van der Waals surface area contributed by atoms with Crippen molar-refractivity contribution in [3.8, 4) is 5.69 Å². The lowest BCUT2D eigenvalue weighted by molar-refractivity contribution is 0.753. The maximum atomic E-state index is 12.6. The Morgan fingerprint density at radius 2 is 1.95 bits per heavy atom. The highest BCUT2D eigenvalue weighted by molar-refractivity contribution is 6.37. The molecule has 0 saturated carbocycles. The third-order valence-corrected chi connectivity index (χ3v) is 4.01. The number of fused-ring (bicyclic) bond motifs is 1. The van der Waals surface area contributed by atoms with E-state index in [0.29, 0.717) is 10.9 Å². The first-order valence-electron chi connectivity index (χ1n) is 6.04. The fourth-order valence-electron chi connectivity index (χ4n) is 2.16. The summed E-state index contributed by atoms with van der Waals surface area (Å²) in [7, 11) is 1.56. The van der Waals surface area contributed by atoms with Crippen molar-refractivity contribution in [2.45, 2.75) is 0 Å². The Balaban J connectivity index is 2.55. The first-order chi connectivity index (χ1) is 10.4. The van der Waals surface area contributed by atoms with Gasteiger partial charge in [0, 0.05) is 25.5 Å². The zero-order chi connectivity index (χ0) is 16.0. The summed E-state index contributed by atoms with van der Waals surface area (Å²) in [6.07, 6.45) is 2.85. The van der Waals surface area contributed by atoms with E-state index in [4.69, 9.17) is 40.2 Å². The van der Waals surface area contributed by atoms with Gasteiger partial charge in [-0.3, -0.25) is 9.98 Å². The second kappa shape index (κ2) is 5.39. The van der Waals surface area contributed by atoms with Crippen molar-refractivity contribution in [2.75, 3.05) is 0 Å². The number of halogens is 3. The molecule has 0 atom stereocenters. The Hall–Kier alpha value is -1.89. The van der Waals surface area contributed by atoms with Gasteiger partial charge in [-0.25, -0.2) is 19.3 Å². The van der Waals surface area contributed by atoms with E-state index in [-0.39, 0.29) is 26.5 Å². The molecule has 112 valence electrons. The van der Waals surface area contributed by atoms with Crippen molar-refractivity contribution in [1.82, 2.24) is 19.1 Å². The highest BCUT2D eigenvalue weighted by Gasteiger charge is 2.16. The second-order valence-electron chi connectivity index (χ2n) is 4.48. The fraction of sp³-hybridized carbons (Fsp3) is 0.0769. The molecule has 22 heavy (non-hydrogen) atoms. The molecule has 3 heterocycles. The van der Waals surface area contributed by atoms with Gasteiger partial charge in [-0.2, -0.15) is 0 Å². The van der Waals surface area contributed by atoms with E-state index in [0.717, 1.165) is 4.57 Å². The molecule has 1 N–H and O–H groups in total. The molecule has 3 rings (SSSR count). The van der Waals surface area contributed by atoms with Crippen LogP contribution in [-0.4, -0.2) is 19.1 Å². The number of aromatic nitrogens is 4. The number of rotatable bonds is 1. The van der Waals surface area contributed by atoms with Crippen LogP contribution < -0.4 is 11.2 Å². The molecule has 0 aliphatic carbocycles. The molecule has 0 fully saturated rings. The first kappa shape index (κ1) is 15.0. The van der Waals surface area contributed by atoms with Gasteiger partial charge in [0.2, 0.25) is 0 Å². The predicted octanol–water partition coefficient (Wildman–Crippen LogP) is 2.56. The molecule has 0 aromatic carbocycles. The number of nitrogens with zero attached hydrogens (tertiary/aromatic N) is 4. The molecule has 0 saturated heterocycles. The lowest BCUT2D eigenvalue weighted by atomic mass is 10.3. The summed E-state index contributed by atoms with van der Waals surface area (Å²) in [5.41, 5.74) is 0.0614. The van der Waals surface area contributed by atoms with Crippen molar-refractivity contribution in [3.63, 3.8) is 0 Å². The molecule has 0 spiro atoms. The van der Waals surface area contributed by atoms with Crippen LogP contribution in [0.4, 0.5) is 0 Å². The van der Waals surface area contributed by atoms with Gasteiger partial charge in [0.25, 0.3) is 0 Å². The second-order valence-corrected chi connectivity index (χ2v) is 5.63. The van der Waals surface area contributed by atoms with Gasteiger partial charge in [-0.1, -0.05) is 34.8 Å². The van der Waals surface area contributed by atoms with Gasteiger partial charge < -0.3 is 0 Å². The van der Waals surface area contributed by atoms with E-state index in [1.54, 1.807) is 7.05 Å². The highest BCUT2D eigenvalue weighted by atomic mass is 35.5. The fourth-order valence-corrected chi connectivity index (χ4v) is 2.84. The van der Waals surface area contributed by atoms with Crippen LogP contribution in [0.5, 0.6) is 0 Å². The summed E-state index contributed by atoms with van der Waals surface area (Å²) in [5.74, 6) is 0.